The summed E-state index contributed by atoms with van der Waals surface area (Å²) in [6.45, 7) is 1.92. The van der Waals surface area contributed by atoms with E-state index in [0.29, 0.717) is 0 Å². The Hall–Kier alpha value is -2.73. The second kappa shape index (κ2) is 5.42. The summed E-state index contributed by atoms with van der Waals surface area (Å²) in [5.41, 5.74) is 4.78. The lowest BCUT2D eigenvalue weighted by Gasteiger charge is -2.27. The number of nitrogens with zero attached hydrogens (tertiary/aromatic N) is 5. The monoisotopic (exact) mass is 333 g/mol. The lowest BCUT2D eigenvalue weighted by Crippen LogP contribution is -2.30. The van der Waals surface area contributed by atoms with Crippen molar-refractivity contribution in [2.24, 2.45) is 0 Å². The Labute approximate surface area is 143 Å². The summed E-state index contributed by atoms with van der Waals surface area (Å²) >= 11 is 1.64. The zero-order valence-corrected chi connectivity index (χ0v) is 13.8. The molecule has 3 aromatic heterocycles. The number of fused-ring (bicyclic) bond motifs is 2. The molecule has 0 bridgehead atoms. The minimum atomic E-state index is 0.914. The number of benzene rings is 1. The van der Waals surface area contributed by atoms with Crippen molar-refractivity contribution in [1.82, 2.24) is 19.6 Å². The van der Waals surface area contributed by atoms with Gasteiger partial charge >= 0.3 is 0 Å². The maximum atomic E-state index is 4.73. The summed E-state index contributed by atoms with van der Waals surface area (Å²) in [4.78, 5) is 12.1. The van der Waals surface area contributed by atoms with E-state index in [0.717, 1.165) is 40.9 Å². The summed E-state index contributed by atoms with van der Waals surface area (Å²) in [5.74, 6) is 0. The first-order valence-electron chi connectivity index (χ1n) is 7.95. The minimum Gasteiger partial charge on any atom is -0.342 e. The quantitative estimate of drug-likeness (QED) is 0.564. The predicted octanol–water partition coefficient (Wildman–Crippen LogP) is 3.42. The molecule has 24 heavy (non-hydrogen) atoms. The Morgan fingerprint density at radius 1 is 1.04 bits per heavy atom. The van der Waals surface area contributed by atoms with E-state index < -0.39 is 0 Å². The third kappa shape index (κ3) is 2.27. The Balaban J connectivity index is 1.46. The zero-order valence-electron chi connectivity index (χ0n) is 13.0. The fourth-order valence-corrected chi connectivity index (χ4v) is 4.04. The van der Waals surface area contributed by atoms with Crippen molar-refractivity contribution in [3.05, 3.63) is 66.1 Å². The van der Waals surface area contributed by atoms with E-state index in [-0.39, 0.29) is 0 Å². The van der Waals surface area contributed by atoms with Gasteiger partial charge in [-0.05, 0) is 29.7 Å². The van der Waals surface area contributed by atoms with Crippen LogP contribution >= 0.6 is 11.3 Å². The molecule has 5 rings (SSSR count). The highest BCUT2D eigenvalue weighted by atomic mass is 32.1. The first kappa shape index (κ1) is 13.7. The van der Waals surface area contributed by atoms with Gasteiger partial charge in [0.1, 0.15) is 0 Å². The normalized spacial score (nSPS) is 14.1. The average Bonchev–Trinajstić information content (AvgIpc) is 3.21. The van der Waals surface area contributed by atoms with E-state index in [1.54, 1.807) is 17.5 Å². The first-order chi connectivity index (χ1) is 11.9. The maximum Gasteiger partial charge on any atom is 0.214 e. The van der Waals surface area contributed by atoms with Crippen LogP contribution in [-0.2, 0) is 13.0 Å². The molecule has 0 aliphatic carbocycles. The highest BCUT2D eigenvalue weighted by Gasteiger charge is 2.20. The number of hydrogen-bond acceptors (Lipinski definition) is 5. The van der Waals surface area contributed by atoms with Crippen LogP contribution in [0.4, 0.5) is 5.13 Å². The fraction of sp³-hybridized carbons (Fsp3) is 0.167. The van der Waals surface area contributed by atoms with Crippen LogP contribution in [0.1, 0.15) is 11.1 Å². The number of imidazole rings is 1. The summed E-state index contributed by atoms with van der Waals surface area (Å²) in [7, 11) is 0. The van der Waals surface area contributed by atoms with Crippen molar-refractivity contribution in [2.75, 3.05) is 11.4 Å². The van der Waals surface area contributed by atoms with Crippen LogP contribution in [0.3, 0.4) is 0 Å². The third-order valence-electron chi connectivity index (χ3n) is 4.39. The highest BCUT2D eigenvalue weighted by molar-refractivity contribution is 7.20. The minimum absolute atomic E-state index is 0.914. The zero-order chi connectivity index (χ0) is 15.9. The molecule has 1 aliphatic rings. The maximum absolute atomic E-state index is 4.73. The van der Waals surface area contributed by atoms with Gasteiger partial charge in [-0.3, -0.25) is 4.98 Å². The van der Waals surface area contributed by atoms with Gasteiger partial charge in [0.25, 0.3) is 0 Å². The topological polar surface area (TPSA) is 46.3 Å². The van der Waals surface area contributed by atoms with E-state index in [1.807, 2.05) is 29.0 Å². The molecule has 118 valence electrons. The van der Waals surface area contributed by atoms with Crippen molar-refractivity contribution < 1.29 is 0 Å². The standard InChI is InChI=1S/C18H15N5S/c1-2-5-15-11-22(9-7-13(15)4-1)18-21-23-12-16(20-17(23)24-18)14-6-3-8-19-10-14/h1-6,8,10,12H,7,9,11H2. The van der Waals surface area contributed by atoms with Crippen LogP contribution in [-0.4, -0.2) is 26.1 Å². The van der Waals surface area contributed by atoms with Gasteiger partial charge in [-0.1, -0.05) is 35.6 Å². The van der Waals surface area contributed by atoms with Gasteiger partial charge in [-0.2, -0.15) is 0 Å². The van der Waals surface area contributed by atoms with E-state index in [1.165, 1.54) is 11.1 Å². The molecular formula is C18H15N5S. The summed E-state index contributed by atoms with van der Waals surface area (Å²) in [6.07, 6.45) is 6.64. The Morgan fingerprint density at radius 3 is 2.79 bits per heavy atom. The molecular weight excluding hydrogens is 318 g/mol. The van der Waals surface area contributed by atoms with Gasteiger partial charge in [0.15, 0.2) is 0 Å². The molecule has 0 atom stereocenters. The third-order valence-corrected chi connectivity index (χ3v) is 5.37. The number of hydrogen-bond donors (Lipinski definition) is 0. The molecule has 0 N–H and O–H groups in total. The fourth-order valence-electron chi connectivity index (χ4n) is 3.13. The van der Waals surface area contributed by atoms with Crippen LogP contribution in [0.5, 0.6) is 0 Å². The van der Waals surface area contributed by atoms with Gasteiger partial charge in [-0.15, -0.1) is 5.10 Å². The van der Waals surface area contributed by atoms with Crippen LogP contribution < -0.4 is 4.90 Å². The molecule has 4 heterocycles. The second-order valence-corrected chi connectivity index (χ2v) is 6.85. The highest BCUT2D eigenvalue weighted by Crippen LogP contribution is 2.29. The number of aromatic nitrogens is 4. The largest absolute Gasteiger partial charge is 0.342 e. The van der Waals surface area contributed by atoms with Crippen LogP contribution in [0.25, 0.3) is 16.2 Å². The van der Waals surface area contributed by atoms with Gasteiger partial charge in [0.05, 0.1) is 11.9 Å². The first-order valence-corrected chi connectivity index (χ1v) is 8.77. The molecule has 0 saturated heterocycles. The van der Waals surface area contributed by atoms with E-state index >= 15 is 0 Å². The molecule has 1 aliphatic heterocycles. The van der Waals surface area contributed by atoms with E-state index in [9.17, 15) is 0 Å². The lowest BCUT2D eigenvalue weighted by atomic mass is 10.0. The molecule has 4 aromatic rings. The van der Waals surface area contributed by atoms with Gasteiger partial charge in [-0.25, -0.2) is 9.50 Å². The van der Waals surface area contributed by atoms with Crippen molar-refractivity contribution in [3.63, 3.8) is 0 Å². The number of anilines is 1. The van der Waals surface area contributed by atoms with Gasteiger partial charge in [0.2, 0.25) is 10.1 Å². The van der Waals surface area contributed by atoms with E-state index in [2.05, 4.69) is 34.1 Å². The van der Waals surface area contributed by atoms with Gasteiger partial charge < -0.3 is 4.90 Å². The number of rotatable bonds is 2. The molecule has 0 amide bonds. The van der Waals surface area contributed by atoms with Crippen molar-refractivity contribution in [3.8, 4) is 11.3 Å². The predicted molar refractivity (Wildman–Crippen MR) is 95.3 cm³/mol. The summed E-state index contributed by atoms with van der Waals surface area (Å²) in [5, 5.41) is 5.77. The Bertz CT molecular complexity index is 973. The van der Waals surface area contributed by atoms with Crippen molar-refractivity contribution in [2.45, 2.75) is 13.0 Å². The molecule has 0 fully saturated rings. The molecule has 0 unspecified atom stereocenters. The van der Waals surface area contributed by atoms with Crippen molar-refractivity contribution >= 4 is 21.4 Å². The molecule has 6 heteroatoms. The van der Waals surface area contributed by atoms with Crippen LogP contribution in [0.2, 0.25) is 0 Å². The Kier molecular flexibility index (Phi) is 3.09. The molecule has 1 aromatic carbocycles. The molecule has 0 saturated carbocycles. The summed E-state index contributed by atoms with van der Waals surface area (Å²) in [6, 6.07) is 12.6. The van der Waals surface area contributed by atoms with Gasteiger partial charge in [0, 0.05) is 31.0 Å². The molecule has 0 spiro atoms. The van der Waals surface area contributed by atoms with Crippen LogP contribution in [0, 0.1) is 0 Å². The Morgan fingerprint density at radius 2 is 1.96 bits per heavy atom. The molecule has 0 radical (unpaired) electrons. The van der Waals surface area contributed by atoms with Crippen molar-refractivity contribution in [1.29, 1.82) is 0 Å². The lowest BCUT2D eigenvalue weighted by molar-refractivity contribution is 0.720. The summed E-state index contributed by atoms with van der Waals surface area (Å²) < 4.78 is 1.88. The second-order valence-electron chi connectivity index (χ2n) is 5.92. The number of pyridine rings is 1. The van der Waals surface area contributed by atoms with Crippen LogP contribution in [0.15, 0.2) is 55.0 Å². The smallest absolute Gasteiger partial charge is 0.214 e. The molecule has 5 nitrogen and oxygen atoms in total. The SMILES string of the molecule is c1cncc(-c2cn3nc(N4CCc5ccccc5C4)sc3n2)c1. The van der Waals surface area contributed by atoms with E-state index in [4.69, 9.17) is 10.1 Å². The average molecular weight is 333 g/mol.